The fourth-order valence-electron chi connectivity index (χ4n) is 3.40. The van der Waals surface area contributed by atoms with Gasteiger partial charge in [0.05, 0.1) is 25.9 Å². The van der Waals surface area contributed by atoms with Crippen LogP contribution in [-0.2, 0) is 16.0 Å². The summed E-state index contributed by atoms with van der Waals surface area (Å²) in [7, 11) is 0. The van der Waals surface area contributed by atoms with Crippen LogP contribution in [0.1, 0.15) is 30.5 Å². The van der Waals surface area contributed by atoms with Crippen molar-refractivity contribution in [2.45, 2.75) is 40.3 Å². The van der Waals surface area contributed by atoms with Crippen molar-refractivity contribution < 1.29 is 14.6 Å². The highest BCUT2D eigenvalue weighted by Crippen LogP contribution is 2.14. The van der Waals surface area contributed by atoms with Gasteiger partial charge in [0.2, 0.25) is 0 Å². The van der Waals surface area contributed by atoms with Gasteiger partial charge in [0.15, 0.2) is 0 Å². The van der Waals surface area contributed by atoms with E-state index >= 15 is 0 Å². The lowest BCUT2D eigenvalue weighted by atomic mass is 10.1. The average molecular weight is 379 g/mol. The number of morpholine rings is 1. The smallest absolute Gasteiger partial charge is 0.0900 e. The summed E-state index contributed by atoms with van der Waals surface area (Å²) in [5, 5.41) is 10.5. The van der Waals surface area contributed by atoms with Crippen LogP contribution in [0, 0.1) is 19.8 Å². The van der Waals surface area contributed by atoms with Crippen LogP contribution in [0.25, 0.3) is 0 Å². The highest BCUT2D eigenvalue weighted by molar-refractivity contribution is 5.30. The number of rotatable bonds is 11. The zero-order valence-electron chi connectivity index (χ0n) is 17.6. The minimum Gasteiger partial charge on any atom is -0.389 e. The van der Waals surface area contributed by atoms with Crippen LogP contribution in [0.3, 0.4) is 0 Å². The molecule has 1 saturated heterocycles. The molecule has 5 nitrogen and oxygen atoms in total. The summed E-state index contributed by atoms with van der Waals surface area (Å²) in [6, 6.07) is 6.62. The molecule has 0 spiro atoms. The molecule has 0 aromatic heterocycles. The molecule has 2 rings (SSSR count). The van der Waals surface area contributed by atoms with E-state index in [4.69, 9.17) is 9.47 Å². The second kappa shape index (κ2) is 11.8. The SMILES string of the molecule is Cc1ccc(CN(CCN2CCOCC2)CC(O)COCC(C)C)c(C)c1. The third-order valence-electron chi connectivity index (χ3n) is 4.96. The molecule has 1 heterocycles. The van der Waals surface area contributed by atoms with Gasteiger partial charge in [-0.2, -0.15) is 0 Å². The lowest BCUT2D eigenvalue weighted by molar-refractivity contribution is 0.000929. The first-order valence-corrected chi connectivity index (χ1v) is 10.3. The molecule has 1 aliphatic rings. The Bertz CT molecular complexity index is 544. The van der Waals surface area contributed by atoms with E-state index < -0.39 is 6.10 Å². The van der Waals surface area contributed by atoms with Gasteiger partial charge in [0.1, 0.15) is 0 Å². The van der Waals surface area contributed by atoms with Crippen LogP contribution in [0.15, 0.2) is 18.2 Å². The van der Waals surface area contributed by atoms with Gasteiger partial charge >= 0.3 is 0 Å². The van der Waals surface area contributed by atoms with E-state index in [-0.39, 0.29) is 0 Å². The topological polar surface area (TPSA) is 45.2 Å². The van der Waals surface area contributed by atoms with Crippen LogP contribution < -0.4 is 0 Å². The second-order valence-electron chi connectivity index (χ2n) is 8.20. The Hall–Kier alpha value is -0.980. The van der Waals surface area contributed by atoms with E-state index in [1.807, 2.05) is 0 Å². The average Bonchev–Trinajstić information content (AvgIpc) is 2.62. The zero-order chi connectivity index (χ0) is 19.6. The fraction of sp³-hybridized carbons (Fsp3) is 0.727. The number of hydrogen-bond donors (Lipinski definition) is 1. The molecule has 0 bridgehead atoms. The van der Waals surface area contributed by atoms with Crippen molar-refractivity contribution in [2.24, 2.45) is 5.92 Å². The van der Waals surface area contributed by atoms with E-state index in [2.05, 4.69) is 55.7 Å². The van der Waals surface area contributed by atoms with Crippen LogP contribution in [0.5, 0.6) is 0 Å². The normalized spacial score (nSPS) is 17.0. The first kappa shape index (κ1) is 22.3. The molecular formula is C22H38N2O3. The molecule has 154 valence electrons. The second-order valence-corrected chi connectivity index (χ2v) is 8.20. The number of aryl methyl sites for hydroxylation is 2. The number of hydrogen-bond acceptors (Lipinski definition) is 5. The Kier molecular flexibility index (Phi) is 9.73. The Balaban J connectivity index is 1.91. The molecule has 5 heteroatoms. The maximum atomic E-state index is 10.5. The molecule has 1 aliphatic heterocycles. The highest BCUT2D eigenvalue weighted by atomic mass is 16.5. The number of nitrogens with zero attached hydrogens (tertiary/aromatic N) is 2. The molecule has 0 amide bonds. The van der Waals surface area contributed by atoms with Crippen LogP contribution in [0.2, 0.25) is 0 Å². The van der Waals surface area contributed by atoms with Gasteiger partial charge in [-0.1, -0.05) is 37.6 Å². The van der Waals surface area contributed by atoms with Gasteiger partial charge in [0, 0.05) is 45.9 Å². The standard InChI is InChI=1S/C22H38N2O3/c1-18(2)16-27-17-22(25)15-24(8-7-23-9-11-26-12-10-23)14-21-6-5-19(3)13-20(21)4/h5-6,13,18,22,25H,7-12,14-17H2,1-4H3. The Morgan fingerprint density at radius 2 is 1.93 bits per heavy atom. The summed E-state index contributed by atoms with van der Waals surface area (Å²) in [5.74, 6) is 0.491. The van der Waals surface area contributed by atoms with Gasteiger partial charge in [-0.05, 0) is 30.9 Å². The summed E-state index contributed by atoms with van der Waals surface area (Å²) in [6.07, 6.45) is -0.459. The third kappa shape index (κ3) is 8.71. The molecule has 1 fully saturated rings. The van der Waals surface area contributed by atoms with Crippen LogP contribution in [-0.4, -0.2) is 80.2 Å². The van der Waals surface area contributed by atoms with Crippen LogP contribution in [0.4, 0.5) is 0 Å². The largest absolute Gasteiger partial charge is 0.389 e. The minimum absolute atomic E-state index is 0.402. The van der Waals surface area contributed by atoms with E-state index in [9.17, 15) is 5.11 Å². The van der Waals surface area contributed by atoms with Gasteiger partial charge in [-0.25, -0.2) is 0 Å². The van der Waals surface area contributed by atoms with Crippen molar-refractivity contribution in [1.82, 2.24) is 9.80 Å². The number of aliphatic hydroxyl groups is 1. The lowest BCUT2D eigenvalue weighted by Crippen LogP contribution is -2.43. The predicted molar refractivity (Wildman–Crippen MR) is 110 cm³/mol. The molecule has 0 saturated carbocycles. The molecule has 1 aromatic carbocycles. The Morgan fingerprint density at radius 1 is 1.19 bits per heavy atom. The van der Waals surface area contributed by atoms with Crippen molar-refractivity contribution in [2.75, 3.05) is 59.2 Å². The summed E-state index contributed by atoms with van der Waals surface area (Å²) >= 11 is 0. The minimum atomic E-state index is -0.459. The van der Waals surface area contributed by atoms with Gasteiger partial charge in [-0.3, -0.25) is 9.80 Å². The number of aliphatic hydroxyl groups excluding tert-OH is 1. The van der Waals surface area contributed by atoms with Crippen molar-refractivity contribution in [3.8, 4) is 0 Å². The summed E-state index contributed by atoms with van der Waals surface area (Å²) in [5.41, 5.74) is 3.94. The van der Waals surface area contributed by atoms with Crippen molar-refractivity contribution in [3.63, 3.8) is 0 Å². The number of benzene rings is 1. The molecule has 1 aromatic rings. The third-order valence-corrected chi connectivity index (χ3v) is 4.96. The predicted octanol–water partition coefficient (Wildman–Crippen LogP) is 2.47. The van der Waals surface area contributed by atoms with Gasteiger partial charge < -0.3 is 14.6 Å². The van der Waals surface area contributed by atoms with Gasteiger partial charge in [0.25, 0.3) is 0 Å². The van der Waals surface area contributed by atoms with E-state index in [0.717, 1.165) is 45.9 Å². The van der Waals surface area contributed by atoms with E-state index in [1.54, 1.807) is 0 Å². The van der Waals surface area contributed by atoms with E-state index in [0.29, 0.717) is 25.7 Å². The summed E-state index contributed by atoms with van der Waals surface area (Å²) < 4.78 is 11.1. The molecule has 0 aliphatic carbocycles. The highest BCUT2D eigenvalue weighted by Gasteiger charge is 2.17. The molecule has 1 N–H and O–H groups in total. The first-order valence-electron chi connectivity index (χ1n) is 10.3. The molecule has 0 radical (unpaired) electrons. The van der Waals surface area contributed by atoms with E-state index in [1.165, 1.54) is 16.7 Å². The zero-order valence-corrected chi connectivity index (χ0v) is 17.6. The van der Waals surface area contributed by atoms with Crippen molar-refractivity contribution >= 4 is 0 Å². The molecular weight excluding hydrogens is 340 g/mol. The summed E-state index contributed by atoms with van der Waals surface area (Å²) in [6.45, 7) is 16.7. The Morgan fingerprint density at radius 3 is 2.59 bits per heavy atom. The molecule has 1 atom stereocenters. The fourth-order valence-corrected chi connectivity index (χ4v) is 3.40. The lowest BCUT2D eigenvalue weighted by Gasteiger charge is -2.31. The maximum Gasteiger partial charge on any atom is 0.0900 e. The molecule has 27 heavy (non-hydrogen) atoms. The quantitative estimate of drug-likeness (QED) is 0.641. The summed E-state index contributed by atoms with van der Waals surface area (Å²) in [4.78, 5) is 4.80. The Labute approximate surface area is 165 Å². The maximum absolute atomic E-state index is 10.5. The monoisotopic (exact) mass is 378 g/mol. The van der Waals surface area contributed by atoms with Crippen molar-refractivity contribution in [3.05, 3.63) is 34.9 Å². The van der Waals surface area contributed by atoms with Crippen molar-refractivity contribution in [1.29, 1.82) is 0 Å². The van der Waals surface area contributed by atoms with Crippen LogP contribution >= 0.6 is 0 Å². The van der Waals surface area contributed by atoms with Gasteiger partial charge in [-0.15, -0.1) is 0 Å². The molecule has 1 unspecified atom stereocenters. The first-order chi connectivity index (χ1) is 12.9. The number of ether oxygens (including phenoxy) is 2.